The van der Waals surface area contributed by atoms with Gasteiger partial charge in [0.2, 0.25) is 0 Å². The maximum atomic E-state index is 11.4. The van der Waals surface area contributed by atoms with Crippen LogP contribution in [0.5, 0.6) is 0 Å². The molecule has 1 saturated heterocycles. The second-order valence-corrected chi connectivity index (χ2v) is 4.18. The van der Waals surface area contributed by atoms with Crippen LogP contribution in [0.3, 0.4) is 0 Å². The molecule has 1 fully saturated rings. The van der Waals surface area contributed by atoms with Crippen molar-refractivity contribution in [2.45, 2.75) is 12.8 Å². The van der Waals surface area contributed by atoms with Gasteiger partial charge >= 0.3 is 6.09 Å². The summed E-state index contributed by atoms with van der Waals surface area (Å²) in [5.41, 5.74) is 0.763. The van der Waals surface area contributed by atoms with E-state index in [1.807, 2.05) is 30.3 Å². The van der Waals surface area contributed by atoms with Gasteiger partial charge in [0.25, 0.3) is 0 Å². The van der Waals surface area contributed by atoms with Crippen molar-refractivity contribution >= 4 is 24.2 Å². The molecule has 100 valence electrons. The third kappa shape index (κ3) is 4.94. The number of likely N-dealkylation sites (tertiary alicyclic amines) is 1. The topological polar surface area (TPSA) is 41.6 Å². The van der Waals surface area contributed by atoms with E-state index in [1.165, 1.54) is 12.8 Å². The molecule has 0 radical (unpaired) electrons. The number of carbonyl (C=O) groups excluding carboxylic acids is 1. The van der Waals surface area contributed by atoms with E-state index in [0.29, 0.717) is 6.61 Å². The summed E-state index contributed by atoms with van der Waals surface area (Å²) in [4.78, 5) is 13.7. The molecule has 1 amide bonds. The highest BCUT2D eigenvalue weighted by Crippen LogP contribution is 2.07. The van der Waals surface area contributed by atoms with Crippen molar-refractivity contribution in [2.75, 3.05) is 31.6 Å². The minimum Gasteiger partial charge on any atom is -0.448 e. The third-order valence-electron chi connectivity index (χ3n) is 2.86. The number of nitrogens with zero attached hydrogens (tertiary/aromatic N) is 1. The highest BCUT2D eigenvalue weighted by Gasteiger charge is 2.11. The van der Waals surface area contributed by atoms with Gasteiger partial charge in [-0.05, 0) is 38.1 Å². The van der Waals surface area contributed by atoms with Crippen LogP contribution < -0.4 is 5.32 Å². The van der Waals surface area contributed by atoms with Crippen molar-refractivity contribution in [3.05, 3.63) is 30.3 Å². The summed E-state index contributed by atoms with van der Waals surface area (Å²) >= 11 is 0. The van der Waals surface area contributed by atoms with Crippen LogP contribution in [0, 0.1) is 0 Å². The first kappa shape index (κ1) is 14.8. The van der Waals surface area contributed by atoms with Crippen LogP contribution in [-0.2, 0) is 4.74 Å². The Hall–Kier alpha value is -1.26. The largest absolute Gasteiger partial charge is 0.448 e. The molecule has 0 atom stereocenters. The lowest BCUT2D eigenvalue weighted by Crippen LogP contribution is -2.26. The Morgan fingerprint density at radius 2 is 1.89 bits per heavy atom. The molecule has 1 aromatic carbocycles. The highest BCUT2D eigenvalue weighted by molar-refractivity contribution is 5.85. The number of nitrogens with one attached hydrogen (secondary N) is 1. The minimum atomic E-state index is -0.379. The number of para-hydroxylation sites is 1. The maximum absolute atomic E-state index is 11.4. The standard InChI is InChI=1S/C13H18N2O2.ClH/c16-13(14-12-6-2-1-3-7-12)17-11-10-15-8-4-5-9-15;/h1-3,6-7H,4-5,8-11H2,(H,14,16);1H. The summed E-state index contributed by atoms with van der Waals surface area (Å²) in [6.45, 7) is 3.55. The number of rotatable bonds is 4. The summed E-state index contributed by atoms with van der Waals surface area (Å²) in [6.07, 6.45) is 2.14. The van der Waals surface area contributed by atoms with Crippen molar-refractivity contribution < 1.29 is 9.53 Å². The van der Waals surface area contributed by atoms with Crippen LogP contribution in [0.1, 0.15) is 12.8 Å². The van der Waals surface area contributed by atoms with E-state index in [0.717, 1.165) is 25.3 Å². The average Bonchev–Trinajstić information content (AvgIpc) is 2.83. The van der Waals surface area contributed by atoms with Crippen molar-refractivity contribution in [1.82, 2.24) is 4.90 Å². The lowest BCUT2D eigenvalue weighted by Gasteiger charge is -2.14. The predicted octanol–water partition coefficient (Wildman–Crippen LogP) is 2.75. The Bertz CT molecular complexity index is 353. The second-order valence-electron chi connectivity index (χ2n) is 4.18. The van der Waals surface area contributed by atoms with Gasteiger partial charge in [-0.15, -0.1) is 12.4 Å². The molecule has 5 heteroatoms. The quantitative estimate of drug-likeness (QED) is 0.915. The molecular formula is C13H19ClN2O2. The van der Waals surface area contributed by atoms with E-state index in [9.17, 15) is 4.79 Å². The molecule has 1 aliphatic rings. The second kappa shape index (κ2) is 7.95. The van der Waals surface area contributed by atoms with Gasteiger partial charge in [0.1, 0.15) is 6.61 Å². The van der Waals surface area contributed by atoms with Crippen LogP contribution in [0.4, 0.5) is 10.5 Å². The first-order chi connectivity index (χ1) is 8.34. The van der Waals surface area contributed by atoms with Crippen molar-refractivity contribution in [2.24, 2.45) is 0 Å². The highest BCUT2D eigenvalue weighted by atomic mass is 35.5. The lowest BCUT2D eigenvalue weighted by atomic mass is 10.3. The summed E-state index contributed by atoms with van der Waals surface area (Å²) in [5.74, 6) is 0. The van der Waals surface area contributed by atoms with E-state index >= 15 is 0 Å². The van der Waals surface area contributed by atoms with E-state index < -0.39 is 0 Å². The first-order valence-electron chi connectivity index (χ1n) is 6.06. The Kier molecular flexibility index (Phi) is 6.54. The van der Waals surface area contributed by atoms with Crippen LogP contribution in [0.15, 0.2) is 30.3 Å². The molecule has 0 aliphatic carbocycles. The van der Waals surface area contributed by atoms with Crippen LogP contribution >= 0.6 is 12.4 Å². The van der Waals surface area contributed by atoms with E-state index in [2.05, 4.69) is 10.2 Å². The van der Waals surface area contributed by atoms with Gasteiger partial charge in [-0.3, -0.25) is 10.2 Å². The molecule has 0 aromatic heterocycles. The SMILES string of the molecule is Cl.O=C(Nc1ccccc1)OCCN1CCCC1. The van der Waals surface area contributed by atoms with E-state index in [-0.39, 0.29) is 18.5 Å². The minimum absolute atomic E-state index is 0. The molecule has 0 unspecified atom stereocenters. The first-order valence-corrected chi connectivity index (χ1v) is 6.06. The zero-order valence-electron chi connectivity index (χ0n) is 10.3. The van der Waals surface area contributed by atoms with Crippen LogP contribution in [-0.4, -0.2) is 37.2 Å². The maximum Gasteiger partial charge on any atom is 0.411 e. The molecule has 0 bridgehead atoms. The van der Waals surface area contributed by atoms with Crippen LogP contribution in [0.2, 0.25) is 0 Å². The molecule has 1 aliphatic heterocycles. The van der Waals surface area contributed by atoms with Crippen molar-refractivity contribution in [3.63, 3.8) is 0 Å². The molecule has 0 saturated carbocycles. The number of hydrogen-bond donors (Lipinski definition) is 1. The molecule has 2 rings (SSSR count). The fourth-order valence-electron chi connectivity index (χ4n) is 1.95. The molecule has 4 nitrogen and oxygen atoms in total. The van der Waals surface area contributed by atoms with Gasteiger partial charge in [0.05, 0.1) is 0 Å². The summed E-state index contributed by atoms with van der Waals surface area (Å²) in [6, 6.07) is 9.33. The van der Waals surface area contributed by atoms with Gasteiger partial charge in [0.15, 0.2) is 0 Å². The number of hydrogen-bond acceptors (Lipinski definition) is 3. The predicted molar refractivity (Wildman–Crippen MR) is 74.3 cm³/mol. The van der Waals surface area contributed by atoms with Gasteiger partial charge in [-0.1, -0.05) is 18.2 Å². The number of ether oxygens (including phenoxy) is 1. The Morgan fingerprint density at radius 1 is 1.22 bits per heavy atom. The summed E-state index contributed by atoms with van der Waals surface area (Å²) < 4.78 is 5.12. The Balaban J connectivity index is 0.00000162. The molecule has 18 heavy (non-hydrogen) atoms. The van der Waals surface area contributed by atoms with Crippen molar-refractivity contribution in [3.8, 4) is 0 Å². The molecule has 1 N–H and O–H groups in total. The monoisotopic (exact) mass is 270 g/mol. The average molecular weight is 271 g/mol. The number of benzene rings is 1. The zero-order valence-corrected chi connectivity index (χ0v) is 11.1. The van der Waals surface area contributed by atoms with Gasteiger partial charge < -0.3 is 4.74 Å². The molecule has 0 spiro atoms. The van der Waals surface area contributed by atoms with Gasteiger partial charge in [0, 0.05) is 12.2 Å². The number of carbonyl (C=O) groups is 1. The Labute approximate surface area is 114 Å². The lowest BCUT2D eigenvalue weighted by molar-refractivity contribution is 0.146. The molecule has 1 aromatic rings. The fraction of sp³-hybridized carbons (Fsp3) is 0.462. The van der Waals surface area contributed by atoms with Gasteiger partial charge in [-0.25, -0.2) is 4.79 Å². The summed E-state index contributed by atoms with van der Waals surface area (Å²) in [7, 11) is 0. The van der Waals surface area contributed by atoms with Crippen LogP contribution in [0.25, 0.3) is 0 Å². The fourth-order valence-corrected chi connectivity index (χ4v) is 1.95. The Morgan fingerprint density at radius 3 is 2.56 bits per heavy atom. The van der Waals surface area contributed by atoms with E-state index in [4.69, 9.17) is 4.74 Å². The van der Waals surface area contributed by atoms with E-state index in [1.54, 1.807) is 0 Å². The number of halogens is 1. The summed E-state index contributed by atoms with van der Waals surface area (Å²) in [5, 5.41) is 2.69. The third-order valence-corrected chi connectivity index (χ3v) is 2.86. The molecule has 1 heterocycles. The normalized spacial score (nSPS) is 14.9. The van der Waals surface area contributed by atoms with Crippen molar-refractivity contribution in [1.29, 1.82) is 0 Å². The number of amides is 1. The zero-order chi connectivity index (χ0) is 11.9. The number of anilines is 1. The smallest absolute Gasteiger partial charge is 0.411 e. The van der Waals surface area contributed by atoms with Gasteiger partial charge in [-0.2, -0.15) is 0 Å². The molecular weight excluding hydrogens is 252 g/mol.